The lowest BCUT2D eigenvalue weighted by molar-refractivity contribution is -0.780. The molecule has 5 atom stereocenters. The molecule has 0 radical (unpaired) electrons. The van der Waals surface area contributed by atoms with Gasteiger partial charge in [0.05, 0.1) is 12.8 Å². The summed E-state index contributed by atoms with van der Waals surface area (Å²) in [6.07, 6.45) is -5.51. The molecule has 1 aromatic heterocycles. The standard InChI is InChI=1S/C31H30ClFN3O9/c1-15-35(30-28(44-18(4)39)26(42-16(2)37)27(43-17(3)38)29(45-30)31(40)41-5)14-20-13-34-25(21-8-6-7-9-23(21)33)22-12-19(32)10-11-24(22)36(15)20/h6-12,14,26-30H,13H2,1-5H3/q+1. The van der Waals surface area contributed by atoms with Crippen molar-refractivity contribution < 1.29 is 51.8 Å². The van der Waals surface area contributed by atoms with Crippen LogP contribution >= 0.6 is 11.6 Å². The lowest BCUT2D eigenvalue weighted by Crippen LogP contribution is -2.66. The first-order valence-corrected chi connectivity index (χ1v) is 14.3. The molecule has 0 aliphatic carbocycles. The minimum absolute atomic E-state index is 0.0820. The second-order valence-corrected chi connectivity index (χ2v) is 10.8. The van der Waals surface area contributed by atoms with Crippen LogP contribution in [0.3, 0.4) is 0 Å². The summed E-state index contributed by atoms with van der Waals surface area (Å²) in [4.78, 5) is 54.4. The highest BCUT2D eigenvalue weighted by atomic mass is 35.5. The van der Waals surface area contributed by atoms with Crippen molar-refractivity contribution in [1.29, 1.82) is 0 Å². The Bertz CT molecular complexity index is 1720. The Kier molecular flexibility index (Phi) is 9.03. The maximum atomic E-state index is 15.0. The lowest BCUT2D eigenvalue weighted by Gasteiger charge is -2.42. The first kappa shape index (κ1) is 31.8. The first-order chi connectivity index (χ1) is 21.4. The van der Waals surface area contributed by atoms with Crippen molar-refractivity contribution >= 4 is 41.2 Å². The van der Waals surface area contributed by atoms with E-state index in [-0.39, 0.29) is 6.54 Å². The zero-order chi connectivity index (χ0) is 32.6. The fourth-order valence-corrected chi connectivity index (χ4v) is 5.85. The summed E-state index contributed by atoms with van der Waals surface area (Å²) in [7, 11) is 1.12. The number of fused-ring (bicyclic) bond motifs is 3. The smallest absolute Gasteiger partial charge is 0.339 e. The molecule has 236 valence electrons. The number of aliphatic imine (C=N–C) groups is 1. The van der Waals surface area contributed by atoms with Crippen LogP contribution in [0, 0.1) is 12.7 Å². The summed E-state index contributed by atoms with van der Waals surface area (Å²) in [5.74, 6) is -3.18. The number of imidazole rings is 1. The number of carbonyl (C=O) groups excluding carboxylic acids is 4. The van der Waals surface area contributed by atoms with E-state index < -0.39 is 60.3 Å². The van der Waals surface area contributed by atoms with E-state index in [1.807, 2.05) is 4.57 Å². The molecule has 0 N–H and O–H groups in total. The maximum absolute atomic E-state index is 15.0. The number of hydrogen-bond donors (Lipinski definition) is 0. The highest BCUT2D eigenvalue weighted by Gasteiger charge is 2.57. The highest BCUT2D eigenvalue weighted by molar-refractivity contribution is 6.31. The van der Waals surface area contributed by atoms with Gasteiger partial charge in [-0.15, -0.1) is 0 Å². The minimum atomic E-state index is -1.57. The van der Waals surface area contributed by atoms with Crippen LogP contribution in [0.15, 0.2) is 53.7 Å². The predicted octanol–water partition coefficient (Wildman–Crippen LogP) is 3.08. The Morgan fingerprint density at radius 3 is 2.24 bits per heavy atom. The first-order valence-electron chi connectivity index (χ1n) is 13.9. The molecule has 0 saturated carbocycles. The molecule has 1 fully saturated rings. The Balaban J connectivity index is 1.69. The zero-order valence-electron chi connectivity index (χ0n) is 25.0. The number of ether oxygens (including phenoxy) is 5. The Morgan fingerprint density at radius 2 is 1.60 bits per heavy atom. The van der Waals surface area contributed by atoms with E-state index in [1.54, 1.807) is 54.1 Å². The molecule has 2 aromatic carbocycles. The molecular formula is C31H30ClFN3O9+. The van der Waals surface area contributed by atoms with Gasteiger partial charge in [0.2, 0.25) is 12.3 Å². The number of methoxy groups -OCH3 is 1. The zero-order valence-corrected chi connectivity index (χ0v) is 25.7. The number of benzene rings is 2. The SMILES string of the molecule is COC(=O)C1OC([n+]2cc3n(c2C)-c2ccc(Cl)cc2C(c2ccccc2F)=NC3)C(OC(C)=O)C(OC(C)=O)C1OC(C)=O. The summed E-state index contributed by atoms with van der Waals surface area (Å²) >= 11 is 6.40. The van der Waals surface area contributed by atoms with Gasteiger partial charge in [0.15, 0.2) is 24.0 Å². The molecule has 2 aliphatic heterocycles. The van der Waals surface area contributed by atoms with E-state index in [9.17, 15) is 23.6 Å². The normalized spacial score (nSPS) is 22.2. The van der Waals surface area contributed by atoms with E-state index in [0.717, 1.165) is 27.9 Å². The van der Waals surface area contributed by atoms with Gasteiger partial charge in [-0.2, -0.15) is 4.57 Å². The molecule has 5 unspecified atom stereocenters. The molecule has 14 heteroatoms. The molecule has 12 nitrogen and oxygen atoms in total. The van der Waals surface area contributed by atoms with Crippen molar-refractivity contribution in [3.05, 3.63) is 82.1 Å². The average molecular weight is 643 g/mol. The maximum Gasteiger partial charge on any atom is 0.339 e. The van der Waals surface area contributed by atoms with Crippen LogP contribution in [-0.4, -0.2) is 65.7 Å². The van der Waals surface area contributed by atoms with Crippen molar-refractivity contribution in [3.8, 4) is 5.69 Å². The van der Waals surface area contributed by atoms with Gasteiger partial charge >= 0.3 is 23.9 Å². The average Bonchev–Trinajstić information content (AvgIpc) is 3.21. The van der Waals surface area contributed by atoms with Gasteiger partial charge in [0.25, 0.3) is 5.82 Å². The highest BCUT2D eigenvalue weighted by Crippen LogP contribution is 2.35. The number of rotatable bonds is 6. The fraction of sp³-hybridized carbons (Fsp3) is 0.355. The second kappa shape index (κ2) is 12.8. The third kappa shape index (κ3) is 6.18. The van der Waals surface area contributed by atoms with Crippen LogP contribution in [0.5, 0.6) is 0 Å². The van der Waals surface area contributed by atoms with Crippen molar-refractivity contribution in [2.45, 2.75) is 64.9 Å². The molecule has 0 amide bonds. The van der Waals surface area contributed by atoms with E-state index in [1.165, 1.54) is 6.07 Å². The molecule has 3 heterocycles. The molecule has 3 aromatic rings. The van der Waals surface area contributed by atoms with E-state index in [0.29, 0.717) is 39.1 Å². The Labute approximate surface area is 262 Å². The van der Waals surface area contributed by atoms with Gasteiger partial charge in [0, 0.05) is 43.8 Å². The van der Waals surface area contributed by atoms with E-state index >= 15 is 0 Å². The molecule has 0 bridgehead atoms. The molecule has 1 saturated heterocycles. The van der Waals surface area contributed by atoms with Crippen molar-refractivity contribution in [1.82, 2.24) is 4.57 Å². The largest absolute Gasteiger partial charge is 0.467 e. The Morgan fingerprint density at radius 1 is 0.956 bits per heavy atom. The summed E-state index contributed by atoms with van der Waals surface area (Å²) in [5.41, 5.74) is 2.48. The summed E-state index contributed by atoms with van der Waals surface area (Å²) < 4.78 is 46.1. The monoisotopic (exact) mass is 642 g/mol. The third-order valence-electron chi connectivity index (χ3n) is 7.38. The number of halogens is 2. The van der Waals surface area contributed by atoms with Gasteiger partial charge in [-0.25, -0.2) is 13.8 Å². The number of carbonyl (C=O) groups is 4. The van der Waals surface area contributed by atoms with Gasteiger partial charge in [-0.05, 0) is 30.3 Å². The second-order valence-electron chi connectivity index (χ2n) is 10.4. The van der Waals surface area contributed by atoms with Crippen LogP contribution in [0.2, 0.25) is 5.02 Å². The predicted molar refractivity (Wildman–Crippen MR) is 154 cm³/mol. The van der Waals surface area contributed by atoms with Crippen molar-refractivity contribution in [2.75, 3.05) is 7.11 Å². The molecule has 45 heavy (non-hydrogen) atoms. The van der Waals surface area contributed by atoms with Gasteiger partial charge in [-0.1, -0.05) is 23.7 Å². The van der Waals surface area contributed by atoms with Gasteiger partial charge in [-0.3, -0.25) is 19.4 Å². The Hall–Kier alpha value is -4.62. The molecular weight excluding hydrogens is 613 g/mol. The number of esters is 4. The summed E-state index contributed by atoms with van der Waals surface area (Å²) in [6.45, 7) is 5.21. The summed E-state index contributed by atoms with van der Waals surface area (Å²) in [6, 6.07) is 11.4. The van der Waals surface area contributed by atoms with Gasteiger partial charge < -0.3 is 23.7 Å². The minimum Gasteiger partial charge on any atom is -0.467 e. The van der Waals surface area contributed by atoms with Crippen molar-refractivity contribution in [2.24, 2.45) is 4.99 Å². The molecule has 5 rings (SSSR count). The van der Waals surface area contributed by atoms with E-state index in [4.69, 9.17) is 40.3 Å². The van der Waals surface area contributed by atoms with Crippen LogP contribution < -0.4 is 4.57 Å². The van der Waals surface area contributed by atoms with Crippen LogP contribution in [-0.2, 0) is 49.4 Å². The van der Waals surface area contributed by atoms with Crippen LogP contribution in [0.1, 0.15) is 49.6 Å². The fourth-order valence-electron chi connectivity index (χ4n) is 5.67. The molecule has 2 aliphatic rings. The number of hydrogen-bond acceptors (Lipinski definition) is 10. The quantitative estimate of drug-likeness (QED) is 0.226. The topological polar surface area (TPSA) is 136 Å². The van der Waals surface area contributed by atoms with Crippen LogP contribution in [0.25, 0.3) is 5.69 Å². The van der Waals surface area contributed by atoms with E-state index in [2.05, 4.69) is 0 Å². The van der Waals surface area contributed by atoms with Crippen LogP contribution in [0.4, 0.5) is 4.39 Å². The number of aromatic nitrogens is 2. The van der Waals surface area contributed by atoms with Gasteiger partial charge in [0.1, 0.15) is 24.2 Å². The summed E-state index contributed by atoms with van der Waals surface area (Å²) in [5, 5.41) is 0.408. The lowest BCUT2D eigenvalue weighted by atomic mass is 9.96. The van der Waals surface area contributed by atoms with Crippen molar-refractivity contribution in [3.63, 3.8) is 0 Å². The molecule has 0 spiro atoms. The third-order valence-corrected chi connectivity index (χ3v) is 7.62. The number of nitrogens with zero attached hydrogens (tertiary/aromatic N) is 3.